The average Bonchev–Trinajstić information content (AvgIpc) is 2.87. The Morgan fingerprint density at radius 1 is 1.30 bits per heavy atom. The number of carbonyl (C=O) groups is 1. The molecule has 2 fully saturated rings. The van der Waals surface area contributed by atoms with Gasteiger partial charge in [-0.2, -0.15) is 0 Å². The van der Waals surface area contributed by atoms with Crippen LogP contribution in [0.15, 0.2) is 30.6 Å². The van der Waals surface area contributed by atoms with Gasteiger partial charge in [0.25, 0.3) is 0 Å². The second-order valence-electron chi connectivity index (χ2n) is 6.46. The van der Waals surface area contributed by atoms with Crippen LogP contribution in [0.4, 0.5) is 4.79 Å². The van der Waals surface area contributed by atoms with E-state index >= 15 is 0 Å². The lowest BCUT2D eigenvalue weighted by Gasteiger charge is -2.22. The first kappa shape index (κ1) is 11.8. The number of imidazole rings is 1. The fraction of sp³-hybridized carbons (Fsp3) is 0.467. The van der Waals surface area contributed by atoms with Gasteiger partial charge in [-0.25, -0.2) is 19.9 Å². The molecule has 1 aromatic heterocycles. The van der Waals surface area contributed by atoms with E-state index in [0.717, 1.165) is 24.1 Å². The van der Waals surface area contributed by atoms with Crippen LogP contribution in [0.5, 0.6) is 0 Å². The number of hydrogen-bond acceptors (Lipinski definition) is 2. The third kappa shape index (κ3) is 1.55. The smallest absolute Gasteiger partial charge is 0.323 e. The van der Waals surface area contributed by atoms with E-state index in [1.54, 1.807) is 11.0 Å². The van der Waals surface area contributed by atoms with Crippen LogP contribution in [0.2, 0.25) is 0 Å². The van der Waals surface area contributed by atoms with Crippen molar-refractivity contribution in [2.24, 2.45) is 17.3 Å². The van der Waals surface area contributed by atoms with Crippen LogP contribution in [0.3, 0.4) is 0 Å². The molecule has 0 radical (unpaired) electrons. The third-order valence-electron chi connectivity index (χ3n) is 5.08. The van der Waals surface area contributed by atoms with Crippen LogP contribution in [-0.2, 0) is 0 Å². The van der Waals surface area contributed by atoms with Crippen LogP contribution in [-0.4, -0.2) is 33.7 Å². The number of piperidine rings is 1. The normalized spacial score (nSPS) is 26.6. The SMILES string of the molecule is CC1(C)[C@H]2CN(C(=O)Nn3cnc4ccccc43)C[C@@H]21. The van der Waals surface area contributed by atoms with Crippen LogP contribution < -0.4 is 5.43 Å². The number of nitrogens with zero attached hydrogens (tertiary/aromatic N) is 3. The highest BCUT2D eigenvalue weighted by molar-refractivity contribution is 5.85. The molecule has 2 heterocycles. The molecule has 2 aliphatic rings. The molecule has 2 aromatic rings. The second-order valence-corrected chi connectivity index (χ2v) is 6.46. The predicted molar refractivity (Wildman–Crippen MR) is 76.8 cm³/mol. The Labute approximate surface area is 117 Å². The summed E-state index contributed by atoms with van der Waals surface area (Å²) in [5, 5.41) is 0. The van der Waals surface area contributed by atoms with Gasteiger partial charge in [-0.3, -0.25) is 0 Å². The van der Waals surface area contributed by atoms with Gasteiger partial charge in [0.2, 0.25) is 0 Å². The number of urea groups is 1. The maximum atomic E-state index is 12.3. The van der Waals surface area contributed by atoms with Crippen molar-refractivity contribution in [3.63, 3.8) is 0 Å². The highest BCUT2D eigenvalue weighted by atomic mass is 16.2. The van der Waals surface area contributed by atoms with E-state index in [9.17, 15) is 4.79 Å². The predicted octanol–water partition coefficient (Wildman–Crippen LogP) is 2.29. The summed E-state index contributed by atoms with van der Waals surface area (Å²) in [6, 6.07) is 7.74. The summed E-state index contributed by atoms with van der Waals surface area (Å²) in [6.07, 6.45) is 1.66. The number of rotatable bonds is 1. The van der Waals surface area contributed by atoms with Crippen molar-refractivity contribution in [3.8, 4) is 0 Å². The van der Waals surface area contributed by atoms with Crippen molar-refractivity contribution in [1.82, 2.24) is 14.6 Å². The van der Waals surface area contributed by atoms with Gasteiger partial charge in [0.05, 0.1) is 11.0 Å². The minimum Gasteiger partial charge on any atom is -0.323 e. The van der Waals surface area contributed by atoms with E-state index in [1.165, 1.54) is 0 Å². The maximum Gasteiger partial charge on any atom is 0.336 e. The van der Waals surface area contributed by atoms with Crippen LogP contribution in [0.1, 0.15) is 13.8 Å². The molecule has 1 saturated carbocycles. The van der Waals surface area contributed by atoms with Gasteiger partial charge in [0.15, 0.2) is 0 Å². The number of aromatic nitrogens is 2. The summed E-state index contributed by atoms with van der Waals surface area (Å²) in [4.78, 5) is 18.5. The minimum atomic E-state index is -0.0313. The van der Waals surface area contributed by atoms with E-state index in [2.05, 4.69) is 24.3 Å². The number of amides is 2. The highest BCUT2D eigenvalue weighted by Gasteiger charge is 2.62. The van der Waals surface area contributed by atoms with Crippen LogP contribution in [0, 0.1) is 17.3 Å². The second kappa shape index (κ2) is 3.75. The standard InChI is InChI=1S/C15H18N4O/c1-15(2)10-7-18(8-11(10)15)14(20)17-19-9-16-12-5-3-4-6-13(12)19/h3-6,9-11H,7-8H2,1-2H3,(H,17,20)/t10-,11-/m0/s1. The molecule has 1 aromatic carbocycles. The topological polar surface area (TPSA) is 50.2 Å². The first-order valence-electron chi connectivity index (χ1n) is 7.05. The first-order valence-corrected chi connectivity index (χ1v) is 7.05. The molecule has 20 heavy (non-hydrogen) atoms. The zero-order valence-corrected chi connectivity index (χ0v) is 11.7. The average molecular weight is 270 g/mol. The molecule has 104 valence electrons. The number of fused-ring (bicyclic) bond motifs is 2. The fourth-order valence-electron chi connectivity index (χ4n) is 3.52. The maximum absolute atomic E-state index is 12.3. The quantitative estimate of drug-likeness (QED) is 0.864. The molecular weight excluding hydrogens is 252 g/mol. The van der Waals surface area contributed by atoms with E-state index in [1.807, 2.05) is 29.2 Å². The van der Waals surface area contributed by atoms with Crippen LogP contribution in [0.25, 0.3) is 11.0 Å². The van der Waals surface area contributed by atoms with Gasteiger partial charge in [-0.1, -0.05) is 26.0 Å². The van der Waals surface area contributed by atoms with Crippen molar-refractivity contribution < 1.29 is 4.79 Å². The number of para-hydroxylation sites is 2. The van der Waals surface area contributed by atoms with Gasteiger partial charge < -0.3 is 4.90 Å². The van der Waals surface area contributed by atoms with Crippen molar-refractivity contribution in [2.75, 3.05) is 18.5 Å². The van der Waals surface area contributed by atoms with Gasteiger partial charge in [-0.05, 0) is 29.4 Å². The monoisotopic (exact) mass is 270 g/mol. The summed E-state index contributed by atoms with van der Waals surface area (Å²) < 4.78 is 1.70. The molecular formula is C15H18N4O. The third-order valence-corrected chi connectivity index (χ3v) is 5.08. The minimum absolute atomic E-state index is 0.0313. The Kier molecular flexibility index (Phi) is 2.20. The van der Waals surface area contributed by atoms with Crippen molar-refractivity contribution in [3.05, 3.63) is 30.6 Å². The molecule has 1 N–H and O–H groups in total. The van der Waals surface area contributed by atoms with E-state index in [4.69, 9.17) is 0 Å². The number of benzene rings is 1. The molecule has 0 unspecified atom stereocenters. The Morgan fingerprint density at radius 2 is 2.00 bits per heavy atom. The first-order chi connectivity index (χ1) is 9.57. The largest absolute Gasteiger partial charge is 0.336 e. The molecule has 1 saturated heterocycles. The Morgan fingerprint density at radius 3 is 2.75 bits per heavy atom. The molecule has 2 atom stereocenters. The fourth-order valence-corrected chi connectivity index (χ4v) is 3.52. The molecule has 0 bridgehead atoms. The lowest BCUT2D eigenvalue weighted by atomic mass is 10.1. The zero-order valence-electron chi connectivity index (χ0n) is 11.7. The Balaban J connectivity index is 1.49. The van der Waals surface area contributed by atoms with E-state index in [-0.39, 0.29) is 6.03 Å². The molecule has 0 spiro atoms. The van der Waals surface area contributed by atoms with Crippen molar-refractivity contribution in [2.45, 2.75) is 13.8 Å². The number of likely N-dealkylation sites (tertiary alicyclic amines) is 1. The summed E-state index contributed by atoms with van der Waals surface area (Å²) in [5.74, 6) is 1.35. The summed E-state index contributed by atoms with van der Waals surface area (Å²) in [5.41, 5.74) is 5.15. The molecule has 1 aliphatic heterocycles. The summed E-state index contributed by atoms with van der Waals surface area (Å²) in [7, 11) is 0. The lowest BCUT2D eigenvalue weighted by Crippen LogP contribution is -2.39. The number of nitrogens with one attached hydrogen (secondary N) is 1. The van der Waals surface area contributed by atoms with Gasteiger partial charge in [-0.15, -0.1) is 0 Å². The number of hydrogen-bond donors (Lipinski definition) is 1. The summed E-state index contributed by atoms with van der Waals surface area (Å²) in [6.45, 7) is 6.33. The van der Waals surface area contributed by atoms with E-state index < -0.39 is 0 Å². The zero-order chi connectivity index (χ0) is 13.9. The van der Waals surface area contributed by atoms with E-state index in [0.29, 0.717) is 17.3 Å². The lowest BCUT2D eigenvalue weighted by molar-refractivity contribution is 0.207. The van der Waals surface area contributed by atoms with Crippen LogP contribution >= 0.6 is 0 Å². The molecule has 1 aliphatic carbocycles. The van der Waals surface area contributed by atoms with Gasteiger partial charge in [0, 0.05) is 13.1 Å². The van der Waals surface area contributed by atoms with Gasteiger partial charge >= 0.3 is 6.03 Å². The Hall–Kier alpha value is -2.04. The molecule has 4 rings (SSSR count). The Bertz CT molecular complexity index is 676. The molecule has 5 heteroatoms. The molecule has 2 amide bonds. The van der Waals surface area contributed by atoms with Crippen molar-refractivity contribution >= 4 is 17.1 Å². The van der Waals surface area contributed by atoms with Gasteiger partial charge in [0.1, 0.15) is 6.33 Å². The van der Waals surface area contributed by atoms with Crippen molar-refractivity contribution in [1.29, 1.82) is 0 Å². The highest BCUT2D eigenvalue weighted by Crippen LogP contribution is 2.61. The summed E-state index contributed by atoms with van der Waals surface area (Å²) >= 11 is 0. The number of carbonyl (C=O) groups excluding carboxylic acids is 1. The molecule has 5 nitrogen and oxygen atoms in total.